The molecule has 1 aliphatic heterocycles. The van der Waals surface area contributed by atoms with Gasteiger partial charge in [-0.15, -0.1) is 11.3 Å². The fourth-order valence-corrected chi connectivity index (χ4v) is 4.43. The van der Waals surface area contributed by atoms with Crippen LogP contribution >= 0.6 is 11.3 Å². The maximum Gasteiger partial charge on any atom is 0.261 e. The first-order chi connectivity index (χ1) is 14.1. The highest BCUT2D eigenvalue weighted by Crippen LogP contribution is 2.28. The molecule has 1 aromatic heterocycles. The molecular formula is C23H21FN2O2S. The largest absolute Gasteiger partial charge is 0.351 e. The number of carbonyl (C=O) groups excluding carboxylic acids is 2. The molecule has 4 rings (SSSR count). The average molecular weight is 408 g/mol. The molecule has 4 nitrogen and oxygen atoms in total. The Morgan fingerprint density at radius 2 is 1.83 bits per heavy atom. The Bertz CT molecular complexity index is 1000. The number of benzene rings is 2. The Balaban J connectivity index is 1.31. The smallest absolute Gasteiger partial charge is 0.261 e. The van der Waals surface area contributed by atoms with Crippen molar-refractivity contribution in [3.8, 4) is 10.4 Å². The van der Waals surface area contributed by atoms with E-state index >= 15 is 0 Å². The van der Waals surface area contributed by atoms with Gasteiger partial charge in [-0.25, -0.2) is 4.39 Å². The van der Waals surface area contributed by atoms with Crippen molar-refractivity contribution in [2.75, 3.05) is 13.1 Å². The monoisotopic (exact) mass is 408 g/mol. The Morgan fingerprint density at radius 3 is 2.59 bits per heavy atom. The molecule has 1 N–H and O–H groups in total. The summed E-state index contributed by atoms with van der Waals surface area (Å²) in [4.78, 5) is 28.1. The van der Waals surface area contributed by atoms with Gasteiger partial charge < -0.3 is 10.2 Å². The Morgan fingerprint density at radius 1 is 1.07 bits per heavy atom. The first-order valence-electron chi connectivity index (χ1n) is 9.54. The average Bonchev–Trinajstić information content (AvgIpc) is 3.35. The molecule has 2 amide bonds. The molecule has 148 valence electrons. The lowest BCUT2D eigenvalue weighted by atomic mass is 10.1. The van der Waals surface area contributed by atoms with Crippen molar-refractivity contribution >= 4 is 23.2 Å². The van der Waals surface area contributed by atoms with Crippen molar-refractivity contribution in [1.82, 2.24) is 10.2 Å². The van der Waals surface area contributed by atoms with Crippen molar-refractivity contribution < 1.29 is 14.0 Å². The summed E-state index contributed by atoms with van der Waals surface area (Å²) in [5.41, 5.74) is 1.99. The van der Waals surface area contributed by atoms with E-state index in [0.29, 0.717) is 30.9 Å². The lowest BCUT2D eigenvalue weighted by molar-refractivity contribution is -0.128. The van der Waals surface area contributed by atoms with E-state index in [1.54, 1.807) is 18.2 Å². The van der Waals surface area contributed by atoms with Gasteiger partial charge in [0.1, 0.15) is 5.82 Å². The van der Waals surface area contributed by atoms with E-state index in [1.807, 2.05) is 41.3 Å². The summed E-state index contributed by atoms with van der Waals surface area (Å²) >= 11 is 1.37. The topological polar surface area (TPSA) is 49.4 Å². The van der Waals surface area contributed by atoms with Crippen LogP contribution in [0, 0.1) is 11.7 Å². The van der Waals surface area contributed by atoms with Crippen LogP contribution < -0.4 is 5.32 Å². The SMILES string of the molecule is O=C(NCC1CC(=O)N(Cc2ccccc2)C1)c1ccc(-c2ccc(F)cc2)s1. The fraction of sp³-hybridized carbons (Fsp3) is 0.217. The number of thiophene rings is 1. The van der Waals surface area contributed by atoms with Crippen LogP contribution in [0.25, 0.3) is 10.4 Å². The van der Waals surface area contributed by atoms with E-state index in [4.69, 9.17) is 0 Å². The molecular weight excluding hydrogens is 387 g/mol. The second-order valence-corrected chi connectivity index (χ2v) is 8.29. The molecule has 6 heteroatoms. The minimum Gasteiger partial charge on any atom is -0.351 e. The van der Waals surface area contributed by atoms with Crippen LogP contribution in [0.3, 0.4) is 0 Å². The number of rotatable bonds is 6. The highest BCUT2D eigenvalue weighted by Gasteiger charge is 2.29. The van der Waals surface area contributed by atoms with E-state index in [1.165, 1.54) is 23.5 Å². The van der Waals surface area contributed by atoms with Gasteiger partial charge in [0.25, 0.3) is 5.91 Å². The Kier molecular flexibility index (Phi) is 5.71. The van der Waals surface area contributed by atoms with E-state index in [9.17, 15) is 14.0 Å². The second-order valence-electron chi connectivity index (χ2n) is 7.21. The number of halogens is 1. The van der Waals surface area contributed by atoms with Crippen LogP contribution in [0.1, 0.15) is 21.7 Å². The number of carbonyl (C=O) groups is 2. The number of likely N-dealkylation sites (tertiary alicyclic amines) is 1. The predicted octanol–water partition coefficient (Wildman–Crippen LogP) is 4.33. The summed E-state index contributed by atoms with van der Waals surface area (Å²) in [5.74, 6) is -0.178. The number of hydrogen-bond donors (Lipinski definition) is 1. The van der Waals surface area contributed by atoms with Crippen LogP contribution in [-0.4, -0.2) is 29.8 Å². The Labute approximate surface area is 173 Å². The minimum absolute atomic E-state index is 0.117. The minimum atomic E-state index is -0.282. The van der Waals surface area contributed by atoms with Crippen LogP contribution in [0.4, 0.5) is 4.39 Å². The lowest BCUT2D eigenvalue weighted by Gasteiger charge is -2.17. The van der Waals surface area contributed by atoms with Crippen LogP contribution in [-0.2, 0) is 11.3 Å². The zero-order valence-corrected chi connectivity index (χ0v) is 16.6. The molecule has 1 atom stereocenters. The van der Waals surface area contributed by atoms with Gasteiger partial charge in [-0.2, -0.15) is 0 Å². The van der Waals surface area contributed by atoms with Crippen molar-refractivity contribution in [2.24, 2.45) is 5.92 Å². The van der Waals surface area contributed by atoms with Crippen molar-refractivity contribution in [2.45, 2.75) is 13.0 Å². The molecule has 1 aliphatic rings. The summed E-state index contributed by atoms with van der Waals surface area (Å²) in [7, 11) is 0. The molecule has 29 heavy (non-hydrogen) atoms. The van der Waals surface area contributed by atoms with E-state index < -0.39 is 0 Å². The molecule has 2 aromatic carbocycles. The molecule has 0 bridgehead atoms. The van der Waals surface area contributed by atoms with Crippen LogP contribution in [0.5, 0.6) is 0 Å². The maximum absolute atomic E-state index is 13.1. The number of nitrogens with one attached hydrogen (secondary N) is 1. The maximum atomic E-state index is 13.1. The summed E-state index contributed by atoms with van der Waals surface area (Å²) < 4.78 is 13.1. The quantitative estimate of drug-likeness (QED) is 0.660. The molecule has 0 spiro atoms. The van der Waals surface area contributed by atoms with Gasteiger partial charge in [0, 0.05) is 36.9 Å². The van der Waals surface area contributed by atoms with E-state index in [2.05, 4.69) is 5.32 Å². The van der Waals surface area contributed by atoms with Gasteiger partial charge in [0.05, 0.1) is 4.88 Å². The van der Waals surface area contributed by atoms with E-state index in [0.717, 1.165) is 16.0 Å². The zero-order valence-electron chi connectivity index (χ0n) is 15.8. The molecule has 0 radical (unpaired) electrons. The molecule has 2 heterocycles. The second kappa shape index (κ2) is 8.57. The van der Waals surface area contributed by atoms with E-state index in [-0.39, 0.29) is 23.5 Å². The standard InChI is InChI=1S/C23H21FN2O2S/c24-19-8-6-18(7-9-19)20-10-11-21(29-20)23(28)25-13-17-12-22(27)26(15-17)14-16-4-2-1-3-5-16/h1-11,17H,12-15H2,(H,25,28). The molecule has 1 fully saturated rings. The normalized spacial score (nSPS) is 16.2. The number of hydrogen-bond acceptors (Lipinski definition) is 3. The van der Waals surface area contributed by atoms with Gasteiger partial charge in [-0.3, -0.25) is 9.59 Å². The van der Waals surface area contributed by atoms with Crippen LogP contribution in [0.2, 0.25) is 0 Å². The highest BCUT2D eigenvalue weighted by molar-refractivity contribution is 7.17. The molecule has 1 unspecified atom stereocenters. The van der Waals surface area contributed by atoms with Crippen molar-refractivity contribution in [1.29, 1.82) is 0 Å². The summed E-state index contributed by atoms with van der Waals surface area (Å²) in [5, 5.41) is 2.95. The third-order valence-corrected chi connectivity index (χ3v) is 6.15. The summed E-state index contributed by atoms with van der Waals surface area (Å²) in [6.45, 7) is 1.73. The Hall–Kier alpha value is -2.99. The fourth-order valence-electron chi connectivity index (χ4n) is 3.50. The highest BCUT2D eigenvalue weighted by atomic mass is 32.1. The first-order valence-corrected chi connectivity index (χ1v) is 10.4. The zero-order chi connectivity index (χ0) is 20.2. The molecule has 0 aliphatic carbocycles. The summed E-state index contributed by atoms with van der Waals surface area (Å²) in [6.07, 6.45) is 0.457. The first kappa shape index (κ1) is 19.3. The lowest BCUT2D eigenvalue weighted by Crippen LogP contribution is -2.30. The third kappa shape index (κ3) is 4.71. The van der Waals surface area contributed by atoms with Gasteiger partial charge in [0.15, 0.2) is 0 Å². The van der Waals surface area contributed by atoms with Gasteiger partial charge in [-0.1, -0.05) is 42.5 Å². The van der Waals surface area contributed by atoms with Crippen molar-refractivity contribution in [3.63, 3.8) is 0 Å². The molecule has 3 aromatic rings. The number of nitrogens with zero attached hydrogens (tertiary/aromatic N) is 1. The molecule has 0 saturated carbocycles. The van der Waals surface area contributed by atoms with Gasteiger partial charge in [0.2, 0.25) is 5.91 Å². The van der Waals surface area contributed by atoms with Crippen LogP contribution in [0.15, 0.2) is 66.7 Å². The predicted molar refractivity (Wildman–Crippen MR) is 112 cm³/mol. The molecule has 1 saturated heterocycles. The van der Waals surface area contributed by atoms with Gasteiger partial charge >= 0.3 is 0 Å². The number of amides is 2. The summed E-state index contributed by atoms with van der Waals surface area (Å²) in [6, 6.07) is 19.8. The van der Waals surface area contributed by atoms with Gasteiger partial charge in [-0.05, 0) is 35.4 Å². The third-order valence-electron chi connectivity index (χ3n) is 5.02. The van der Waals surface area contributed by atoms with Crippen molar-refractivity contribution in [3.05, 3.63) is 83.0 Å².